The van der Waals surface area contributed by atoms with Gasteiger partial charge in [0, 0.05) is 32.1 Å². The fraction of sp³-hybridized carbons (Fsp3) is 0.400. The van der Waals surface area contributed by atoms with E-state index < -0.39 is 0 Å². The van der Waals surface area contributed by atoms with Gasteiger partial charge in [-0.1, -0.05) is 12.1 Å². The van der Waals surface area contributed by atoms with E-state index in [9.17, 15) is 0 Å². The second-order valence-electron chi connectivity index (χ2n) is 4.99. The van der Waals surface area contributed by atoms with Crippen LogP contribution in [0.3, 0.4) is 0 Å². The summed E-state index contributed by atoms with van der Waals surface area (Å²) in [5.74, 6) is 1.04. The van der Waals surface area contributed by atoms with Crippen molar-refractivity contribution in [2.24, 2.45) is 7.05 Å². The van der Waals surface area contributed by atoms with E-state index in [-0.39, 0.29) is 0 Å². The number of aromatic nitrogens is 2. The molecule has 100 valence electrons. The molecule has 1 N–H and O–H groups in total. The van der Waals surface area contributed by atoms with Crippen LogP contribution < -0.4 is 10.1 Å². The molecule has 1 aromatic carbocycles. The molecule has 0 spiro atoms. The maximum Gasteiger partial charge on any atom is 0.122 e. The third-order valence-electron chi connectivity index (χ3n) is 3.65. The molecule has 0 aliphatic carbocycles. The topological polar surface area (TPSA) is 39.1 Å². The highest BCUT2D eigenvalue weighted by molar-refractivity contribution is 5.41. The molecule has 0 amide bonds. The number of nitrogens with one attached hydrogen (secondary N) is 1. The van der Waals surface area contributed by atoms with Crippen LogP contribution in [0.4, 0.5) is 0 Å². The van der Waals surface area contributed by atoms with Gasteiger partial charge < -0.3 is 10.1 Å². The van der Waals surface area contributed by atoms with Gasteiger partial charge in [-0.05, 0) is 30.3 Å². The Morgan fingerprint density at radius 1 is 1.42 bits per heavy atom. The Morgan fingerprint density at radius 2 is 2.32 bits per heavy atom. The van der Waals surface area contributed by atoms with Gasteiger partial charge in [-0.25, -0.2) is 0 Å². The predicted octanol–water partition coefficient (Wildman–Crippen LogP) is 1.86. The fourth-order valence-electron chi connectivity index (χ4n) is 2.59. The summed E-state index contributed by atoms with van der Waals surface area (Å²) < 4.78 is 7.40. The number of benzene rings is 1. The molecule has 19 heavy (non-hydrogen) atoms. The van der Waals surface area contributed by atoms with E-state index in [0.29, 0.717) is 6.04 Å². The van der Waals surface area contributed by atoms with Crippen LogP contribution in [0.2, 0.25) is 0 Å². The lowest BCUT2D eigenvalue weighted by Crippen LogP contribution is -2.19. The number of rotatable bonds is 4. The molecule has 0 radical (unpaired) electrons. The van der Waals surface area contributed by atoms with Gasteiger partial charge in [-0.15, -0.1) is 0 Å². The Morgan fingerprint density at radius 3 is 3.05 bits per heavy atom. The number of likely N-dealkylation sites (N-methyl/N-ethyl adjacent to an activating group) is 1. The highest BCUT2D eigenvalue weighted by Gasteiger charge is 2.17. The van der Waals surface area contributed by atoms with Gasteiger partial charge in [0.15, 0.2) is 0 Å². The Kier molecular flexibility index (Phi) is 3.25. The summed E-state index contributed by atoms with van der Waals surface area (Å²) in [6.07, 6.45) is 3.90. The van der Waals surface area contributed by atoms with Crippen molar-refractivity contribution in [3.05, 3.63) is 47.3 Å². The first-order chi connectivity index (χ1) is 9.26. The minimum Gasteiger partial charge on any atom is -0.493 e. The summed E-state index contributed by atoms with van der Waals surface area (Å²) >= 11 is 0. The number of aryl methyl sites for hydroxylation is 1. The minimum atomic E-state index is 0.292. The van der Waals surface area contributed by atoms with Crippen molar-refractivity contribution in [2.75, 3.05) is 13.7 Å². The van der Waals surface area contributed by atoms with Gasteiger partial charge in [0.25, 0.3) is 0 Å². The first-order valence-corrected chi connectivity index (χ1v) is 6.67. The fourth-order valence-corrected chi connectivity index (χ4v) is 2.59. The molecular weight excluding hydrogens is 238 g/mol. The number of nitrogens with zero attached hydrogens (tertiary/aromatic N) is 2. The summed E-state index contributed by atoms with van der Waals surface area (Å²) in [5.41, 5.74) is 3.73. The van der Waals surface area contributed by atoms with Crippen molar-refractivity contribution in [1.29, 1.82) is 0 Å². The van der Waals surface area contributed by atoms with Crippen molar-refractivity contribution in [3.63, 3.8) is 0 Å². The molecule has 1 aliphatic heterocycles. The molecule has 0 fully saturated rings. The van der Waals surface area contributed by atoms with Gasteiger partial charge in [0.05, 0.1) is 12.3 Å². The van der Waals surface area contributed by atoms with Crippen molar-refractivity contribution in [2.45, 2.75) is 18.9 Å². The smallest absolute Gasteiger partial charge is 0.122 e. The number of hydrogen-bond acceptors (Lipinski definition) is 3. The largest absolute Gasteiger partial charge is 0.493 e. The summed E-state index contributed by atoms with van der Waals surface area (Å²) in [7, 11) is 3.95. The lowest BCUT2D eigenvalue weighted by molar-refractivity contribution is 0.356. The molecule has 1 aliphatic rings. The zero-order chi connectivity index (χ0) is 13.2. The van der Waals surface area contributed by atoms with Gasteiger partial charge in [0.1, 0.15) is 5.75 Å². The quantitative estimate of drug-likeness (QED) is 0.908. The molecule has 0 bridgehead atoms. The second kappa shape index (κ2) is 5.05. The monoisotopic (exact) mass is 257 g/mol. The average Bonchev–Trinajstić information content (AvgIpc) is 3.03. The van der Waals surface area contributed by atoms with E-state index in [2.05, 4.69) is 34.7 Å². The second-order valence-corrected chi connectivity index (χ2v) is 4.99. The summed E-state index contributed by atoms with van der Waals surface area (Å²) in [4.78, 5) is 0. The van der Waals surface area contributed by atoms with Crippen LogP contribution in [-0.2, 0) is 19.9 Å². The molecule has 0 saturated carbocycles. The highest BCUT2D eigenvalue weighted by Crippen LogP contribution is 2.29. The van der Waals surface area contributed by atoms with Gasteiger partial charge in [0.2, 0.25) is 0 Å². The van der Waals surface area contributed by atoms with Crippen molar-refractivity contribution < 1.29 is 4.74 Å². The molecule has 0 saturated heterocycles. The van der Waals surface area contributed by atoms with Crippen LogP contribution in [0.1, 0.15) is 22.9 Å². The minimum absolute atomic E-state index is 0.292. The van der Waals surface area contributed by atoms with Crippen LogP contribution >= 0.6 is 0 Å². The maximum absolute atomic E-state index is 5.55. The zero-order valence-corrected chi connectivity index (χ0v) is 11.4. The molecule has 4 nitrogen and oxygen atoms in total. The molecule has 1 aromatic heterocycles. The number of ether oxygens (including phenoxy) is 1. The molecule has 3 rings (SSSR count). The van der Waals surface area contributed by atoms with Crippen LogP contribution in [0.5, 0.6) is 5.75 Å². The van der Waals surface area contributed by atoms with Gasteiger partial charge >= 0.3 is 0 Å². The van der Waals surface area contributed by atoms with E-state index in [1.54, 1.807) is 0 Å². The normalized spacial score (nSPS) is 15.1. The molecule has 1 unspecified atom stereocenters. The Labute approximate surface area is 113 Å². The average molecular weight is 257 g/mol. The lowest BCUT2D eigenvalue weighted by atomic mass is 9.99. The molecular formula is C15H19N3O. The van der Waals surface area contributed by atoms with Crippen LogP contribution in [0.15, 0.2) is 30.5 Å². The van der Waals surface area contributed by atoms with E-state index in [1.165, 1.54) is 11.1 Å². The van der Waals surface area contributed by atoms with E-state index >= 15 is 0 Å². The lowest BCUT2D eigenvalue weighted by Gasteiger charge is -2.16. The SMILES string of the molecule is CNC(Cc1ccn(C)n1)c1ccc2c(c1)CCO2. The van der Waals surface area contributed by atoms with Crippen LogP contribution in [0.25, 0.3) is 0 Å². The maximum atomic E-state index is 5.55. The predicted molar refractivity (Wildman–Crippen MR) is 74.4 cm³/mol. The van der Waals surface area contributed by atoms with Crippen molar-refractivity contribution in [3.8, 4) is 5.75 Å². The van der Waals surface area contributed by atoms with E-state index in [4.69, 9.17) is 4.74 Å². The van der Waals surface area contributed by atoms with Gasteiger partial charge in [-0.2, -0.15) is 5.10 Å². The van der Waals surface area contributed by atoms with E-state index in [1.807, 2.05) is 25.0 Å². The third kappa shape index (κ3) is 2.49. The first-order valence-electron chi connectivity index (χ1n) is 6.67. The Balaban J connectivity index is 1.82. The zero-order valence-electron chi connectivity index (χ0n) is 11.4. The van der Waals surface area contributed by atoms with Crippen molar-refractivity contribution in [1.82, 2.24) is 15.1 Å². The Hall–Kier alpha value is -1.81. The number of fused-ring (bicyclic) bond motifs is 1. The summed E-state index contributed by atoms with van der Waals surface area (Å²) in [6.45, 7) is 0.809. The molecule has 2 heterocycles. The van der Waals surface area contributed by atoms with Crippen LogP contribution in [0, 0.1) is 0 Å². The third-order valence-corrected chi connectivity index (χ3v) is 3.65. The standard InChI is InChI=1S/C15H19N3O/c1-16-14(10-13-5-7-18(2)17-13)11-3-4-15-12(9-11)6-8-19-15/h3-5,7,9,14,16H,6,8,10H2,1-2H3. The Bertz CT molecular complexity index is 577. The van der Waals surface area contributed by atoms with Crippen molar-refractivity contribution >= 4 is 0 Å². The molecule has 4 heteroatoms. The molecule has 1 atom stereocenters. The summed E-state index contributed by atoms with van der Waals surface area (Å²) in [6, 6.07) is 8.85. The van der Waals surface area contributed by atoms with Gasteiger partial charge in [-0.3, -0.25) is 4.68 Å². The summed E-state index contributed by atoms with van der Waals surface area (Å²) in [5, 5.41) is 7.83. The first kappa shape index (κ1) is 12.2. The van der Waals surface area contributed by atoms with E-state index in [0.717, 1.165) is 30.9 Å². The highest BCUT2D eigenvalue weighted by atomic mass is 16.5. The van der Waals surface area contributed by atoms with Crippen LogP contribution in [-0.4, -0.2) is 23.4 Å². The molecule has 2 aromatic rings. The number of hydrogen-bond donors (Lipinski definition) is 1.